The molecule has 2 aromatic rings. The zero-order valence-corrected chi connectivity index (χ0v) is 12.2. The molecule has 96 valence electrons. The maximum atomic E-state index is 5.75. The van der Waals surface area contributed by atoms with E-state index in [0.29, 0.717) is 6.54 Å². The summed E-state index contributed by atoms with van der Waals surface area (Å²) < 4.78 is 3.18. The summed E-state index contributed by atoms with van der Waals surface area (Å²) in [6.45, 7) is 3.53. The van der Waals surface area contributed by atoms with Gasteiger partial charge in [0.1, 0.15) is 0 Å². The molecule has 0 unspecified atom stereocenters. The molecule has 4 heteroatoms. The van der Waals surface area contributed by atoms with Crippen molar-refractivity contribution in [1.29, 1.82) is 0 Å². The van der Waals surface area contributed by atoms with Gasteiger partial charge in [0.25, 0.3) is 0 Å². The molecule has 1 heterocycles. The lowest BCUT2D eigenvalue weighted by molar-refractivity contribution is 0.633. The third kappa shape index (κ3) is 2.82. The van der Waals surface area contributed by atoms with Crippen molar-refractivity contribution < 1.29 is 0 Å². The lowest BCUT2D eigenvalue weighted by atomic mass is 10.1. The van der Waals surface area contributed by atoms with Gasteiger partial charge in [-0.15, -0.1) is 0 Å². The number of hydrogen-bond acceptors (Lipinski definition) is 2. The molecule has 2 N–H and O–H groups in total. The Hall–Kier alpha value is -1.13. The van der Waals surface area contributed by atoms with Crippen LogP contribution in [0.5, 0.6) is 0 Å². The first-order chi connectivity index (χ1) is 8.76. The van der Waals surface area contributed by atoms with E-state index in [1.807, 2.05) is 18.3 Å². The Morgan fingerprint density at radius 2 is 2.06 bits per heavy atom. The summed E-state index contributed by atoms with van der Waals surface area (Å²) in [5, 5.41) is 4.46. The smallest absolute Gasteiger partial charge is 0.0673 e. The summed E-state index contributed by atoms with van der Waals surface area (Å²) in [7, 11) is 0. The number of nitrogens with two attached hydrogens (primary N) is 1. The second-order valence-corrected chi connectivity index (χ2v) is 5.17. The molecule has 0 bridgehead atoms. The van der Waals surface area contributed by atoms with Crippen LogP contribution in [-0.4, -0.2) is 9.78 Å². The summed E-state index contributed by atoms with van der Waals surface area (Å²) in [5.41, 5.74) is 9.41. The van der Waals surface area contributed by atoms with E-state index in [9.17, 15) is 0 Å². The van der Waals surface area contributed by atoms with Gasteiger partial charge in [-0.1, -0.05) is 47.5 Å². The van der Waals surface area contributed by atoms with E-state index in [1.54, 1.807) is 0 Å². The molecule has 1 aromatic carbocycles. The van der Waals surface area contributed by atoms with E-state index in [2.05, 4.69) is 44.8 Å². The van der Waals surface area contributed by atoms with Gasteiger partial charge in [-0.05, 0) is 18.1 Å². The highest BCUT2D eigenvalue weighted by molar-refractivity contribution is 9.10. The minimum Gasteiger partial charge on any atom is -0.326 e. The average molecular weight is 308 g/mol. The third-order valence-electron chi connectivity index (χ3n) is 3.02. The molecule has 0 spiro atoms. The summed E-state index contributed by atoms with van der Waals surface area (Å²) >= 11 is 3.58. The van der Waals surface area contributed by atoms with Crippen LogP contribution >= 0.6 is 15.9 Å². The Morgan fingerprint density at radius 1 is 1.28 bits per heavy atom. The van der Waals surface area contributed by atoms with Gasteiger partial charge >= 0.3 is 0 Å². The number of hydrogen-bond donors (Lipinski definition) is 1. The summed E-state index contributed by atoms with van der Waals surface area (Å²) in [6, 6.07) is 8.24. The molecule has 0 fully saturated rings. The first kappa shape index (κ1) is 13.3. The van der Waals surface area contributed by atoms with Crippen LogP contribution in [0.25, 0.3) is 0 Å². The molecule has 0 aliphatic rings. The fraction of sp³-hybridized carbons (Fsp3) is 0.357. The Kier molecular flexibility index (Phi) is 4.55. The van der Waals surface area contributed by atoms with E-state index < -0.39 is 0 Å². The topological polar surface area (TPSA) is 43.8 Å². The maximum absolute atomic E-state index is 5.75. The van der Waals surface area contributed by atoms with E-state index >= 15 is 0 Å². The highest BCUT2D eigenvalue weighted by atomic mass is 79.9. The summed E-state index contributed by atoms with van der Waals surface area (Å²) in [5.74, 6) is 0. The Bertz CT molecular complexity index is 520. The van der Waals surface area contributed by atoms with Crippen molar-refractivity contribution in [2.24, 2.45) is 5.73 Å². The molecular weight excluding hydrogens is 290 g/mol. The number of halogens is 1. The SMILES string of the molecule is CCCc1c(CN)cnn1Cc1ccccc1Br. The van der Waals surface area contributed by atoms with Gasteiger partial charge in [0, 0.05) is 22.3 Å². The van der Waals surface area contributed by atoms with Crippen molar-refractivity contribution in [3.63, 3.8) is 0 Å². The van der Waals surface area contributed by atoms with Crippen molar-refractivity contribution >= 4 is 15.9 Å². The van der Waals surface area contributed by atoms with Crippen LogP contribution in [0, 0.1) is 0 Å². The minimum atomic E-state index is 0.561. The molecule has 0 saturated carbocycles. The van der Waals surface area contributed by atoms with Gasteiger partial charge in [0.2, 0.25) is 0 Å². The van der Waals surface area contributed by atoms with Crippen molar-refractivity contribution in [2.45, 2.75) is 32.9 Å². The van der Waals surface area contributed by atoms with Crippen LogP contribution < -0.4 is 5.73 Å². The van der Waals surface area contributed by atoms with Gasteiger partial charge in [-0.25, -0.2) is 0 Å². The monoisotopic (exact) mass is 307 g/mol. The second kappa shape index (κ2) is 6.16. The summed E-state index contributed by atoms with van der Waals surface area (Å²) in [4.78, 5) is 0. The zero-order chi connectivity index (χ0) is 13.0. The molecule has 0 atom stereocenters. The molecule has 0 amide bonds. The highest BCUT2D eigenvalue weighted by Crippen LogP contribution is 2.19. The molecule has 18 heavy (non-hydrogen) atoms. The van der Waals surface area contributed by atoms with Crippen LogP contribution in [0.3, 0.4) is 0 Å². The molecule has 2 rings (SSSR count). The normalized spacial score (nSPS) is 10.8. The third-order valence-corrected chi connectivity index (χ3v) is 3.79. The zero-order valence-electron chi connectivity index (χ0n) is 10.6. The fourth-order valence-corrected chi connectivity index (χ4v) is 2.48. The predicted octanol–water partition coefficient (Wildman–Crippen LogP) is 3.11. The van der Waals surface area contributed by atoms with Crippen LogP contribution in [0.15, 0.2) is 34.9 Å². The van der Waals surface area contributed by atoms with Gasteiger partial charge in [-0.2, -0.15) is 5.10 Å². The van der Waals surface area contributed by atoms with Gasteiger partial charge in [-0.3, -0.25) is 4.68 Å². The minimum absolute atomic E-state index is 0.561. The molecule has 0 aliphatic carbocycles. The van der Waals surface area contributed by atoms with Gasteiger partial charge in [0.05, 0.1) is 12.7 Å². The highest BCUT2D eigenvalue weighted by Gasteiger charge is 2.10. The van der Waals surface area contributed by atoms with Crippen molar-refractivity contribution in [3.05, 3.63) is 51.8 Å². The first-order valence-electron chi connectivity index (χ1n) is 6.23. The lowest BCUT2D eigenvalue weighted by Crippen LogP contribution is -2.09. The quantitative estimate of drug-likeness (QED) is 0.922. The first-order valence-corrected chi connectivity index (χ1v) is 7.02. The van der Waals surface area contributed by atoms with Gasteiger partial charge in [0.15, 0.2) is 0 Å². The molecule has 0 saturated heterocycles. The fourth-order valence-electron chi connectivity index (χ4n) is 2.07. The molecule has 3 nitrogen and oxygen atoms in total. The van der Waals surface area contributed by atoms with Crippen LogP contribution in [0.1, 0.15) is 30.2 Å². The Labute approximate surface area is 116 Å². The number of aromatic nitrogens is 2. The van der Waals surface area contributed by atoms with Crippen LogP contribution in [0.4, 0.5) is 0 Å². The van der Waals surface area contributed by atoms with E-state index in [1.165, 1.54) is 11.3 Å². The molecule has 0 radical (unpaired) electrons. The summed E-state index contributed by atoms with van der Waals surface area (Å²) in [6.07, 6.45) is 4.02. The maximum Gasteiger partial charge on any atom is 0.0673 e. The van der Waals surface area contributed by atoms with Crippen molar-refractivity contribution in [2.75, 3.05) is 0 Å². The molecule has 0 aliphatic heterocycles. The largest absolute Gasteiger partial charge is 0.326 e. The standard InChI is InChI=1S/C14H18BrN3/c1-2-5-14-12(8-16)9-17-18(14)10-11-6-3-4-7-13(11)15/h3-4,6-7,9H,2,5,8,10,16H2,1H3. The number of nitrogens with zero attached hydrogens (tertiary/aromatic N) is 2. The average Bonchev–Trinajstić information content (AvgIpc) is 2.75. The Morgan fingerprint density at radius 3 is 2.72 bits per heavy atom. The lowest BCUT2D eigenvalue weighted by Gasteiger charge is -2.09. The van der Waals surface area contributed by atoms with Gasteiger partial charge < -0.3 is 5.73 Å². The second-order valence-electron chi connectivity index (χ2n) is 4.32. The van der Waals surface area contributed by atoms with Crippen molar-refractivity contribution in [1.82, 2.24) is 9.78 Å². The molecule has 1 aromatic heterocycles. The molecular formula is C14H18BrN3. The van der Waals surface area contributed by atoms with Crippen LogP contribution in [-0.2, 0) is 19.5 Å². The van der Waals surface area contributed by atoms with E-state index in [0.717, 1.165) is 29.4 Å². The number of rotatable bonds is 5. The number of benzene rings is 1. The van der Waals surface area contributed by atoms with E-state index in [-0.39, 0.29) is 0 Å². The predicted molar refractivity (Wildman–Crippen MR) is 77.4 cm³/mol. The Balaban J connectivity index is 2.29. The van der Waals surface area contributed by atoms with E-state index in [4.69, 9.17) is 5.73 Å². The van der Waals surface area contributed by atoms with Crippen molar-refractivity contribution in [3.8, 4) is 0 Å². The van der Waals surface area contributed by atoms with Crippen LogP contribution in [0.2, 0.25) is 0 Å².